The summed E-state index contributed by atoms with van der Waals surface area (Å²) in [5.74, 6) is 0.825. The number of likely N-dealkylation sites (tertiary alicyclic amines) is 1. The molecule has 6 nitrogen and oxygen atoms in total. The summed E-state index contributed by atoms with van der Waals surface area (Å²) in [6.45, 7) is 2.11. The molecular weight excluding hydrogens is 350 g/mol. The Labute approximate surface area is 156 Å². The average Bonchev–Trinajstić information content (AvgIpc) is 2.63. The number of phenolic OH excluding ortho intramolecular Hbond substituents is 1. The van der Waals surface area contributed by atoms with Gasteiger partial charge in [-0.1, -0.05) is 11.6 Å². The minimum atomic E-state index is 0.0755. The van der Waals surface area contributed by atoms with Gasteiger partial charge in [-0.05, 0) is 50.7 Å². The number of aromatic nitrogens is 3. The molecule has 1 atom stereocenters. The zero-order valence-corrected chi connectivity index (χ0v) is 15.2. The maximum Gasteiger partial charge on any atom is 0.156 e. The first-order valence-corrected chi connectivity index (χ1v) is 9.04. The fourth-order valence-electron chi connectivity index (χ4n) is 3.49. The second-order valence-electron chi connectivity index (χ2n) is 6.73. The van der Waals surface area contributed by atoms with Gasteiger partial charge in [0.15, 0.2) is 5.82 Å². The monoisotopic (exact) mass is 369 g/mol. The zero-order chi connectivity index (χ0) is 18.1. The van der Waals surface area contributed by atoms with Gasteiger partial charge in [0, 0.05) is 46.3 Å². The molecule has 0 amide bonds. The number of halogens is 1. The van der Waals surface area contributed by atoms with E-state index in [0.717, 1.165) is 42.5 Å². The van der Waals surface area contributed by atoms with Crippen LogP contribution in [0.1, 0.15) is 12.8 Å². The van der Waals surface area contributed by atoms with Crippen LogP contribution in [0.2, 0.25) is 5.02 Å². The lowest BCUT2D eigenvalue weighted by Gasteiger charge is -2.30. The molecule has 26 heavy (non-hydrogen) atoms. The van der Waals surface area contributed by atoms with Crippen LogP contribution in [-0.2, 0) is 0 Å². The Kier molecular flexibility index (Phi) is 4.61. The average molecular weight is 370 g/mol. The van der Waals surface area contributed by atoms with Crippen LogP contribution in [0.4, 0.5) is 5.82 Å². The fourth-order valence-corrected chi connectivity index (χ4v) is 3.65. The van der Waals surface area contributed by atoms with Gasteiger partial charge in [-0.15, -0.1) is 10.2 Å². The normalized spacial score (nSPS) is 18.2. The number of nitrogens with zero attached hydrogens (tertiary/aromatic N) is 4. The van der Waals surface area contributed by atoms with E-state index >= 15 is 0 Å². The SMILES string of the molecule is CN1CCCC(Nc2nnc(-c3ccc(Cl)cc3O)c3cnccc23)C1. The first-order valence-electron chi connectivity index (χ1n) is 8.66. The molecule has 1 fully saturated rings. The van der Waals surface area contributed by atoms with Crippen LogP contribution in [-0.4, -0.2) is 51.4 Å². The molecule has 3 aromatic rings. The summed E-state index contributed by atoms with van der Waals surface area (Å²) in [4.78, 5) is 6.55. The topological polar surface area (TPSA) is 74.2 Å². The van der Waals surface area contributed by atoms with Crippen LogP contribution in [0, 0.1) is 0 Å². The first kappa shape index (κ1) is 17.0. The minimum Gasteiger partial charge on any atom is -0.507 e. The summed E-state index contributed by atoms with van der Waals surface area (Å²) in [6, 6.07) is 7.25. The highest BCUT2D eigenvalue weighted by Crippen LogP contribution is 2.35. The molecule has 7 heteroatoms. The molecule has 4 rings (SSSR count). The quantitative estimate of drug-likeness (QED) is 0.735. The van der Waals surface area contributed by atoms with Crippen molar-refractivity contribution in [3.63, 3.8) is 0 Å². The fraction of sp³-hybridized carbons (Fsp3) is 0.316. The van der Waals surface area contributed by atoms with Crippen molar-refractivity contribution in [1.82, 2.24) is 20.1 Å². The van der Waals surface area contributed by atoms with E-state index < -0.39 is 0 Å². The van der Waals surface area contributed by atoms with Crippen LogP contribution in [0.25, 0.3) is 22.0 Å². The molecule has 134 valence electrons. The number of aromatic hydroxyl groups is 1. The van der Waals surface area contributed by atoms with Gasteiger partial charge in [-0.25, -0.2) is 0 Å². The van der Waals surface area contributed by atoms with Crippen molar-refractivity contribution in [3.05, 3.63) is 41.7 Å². The third-order valence-electron chi connectivity index (χ3n) is 4.76. The largest absolute Gasteiger partial charge is 0.507 e. The Morgan fingerprint density at radius 3 is 2.92 bits per heavy atom. The lowest BCUT2D eigenvalue weighted by atomic mass is 10.0. The number of fused-ring (bicyclic) bond motifs is 1. The second kappa shape index (κ2) is 7.05. The smallest absolute Gasteiger partial charge is 0.156 e. The van der Waals surface area contributed by atoms with Gasteiger partial charge >= 0.3 is 0 Å². The van der Waals surface area contributed by atoms with Crippen LogP contribution in [0.15, 0.2) is 36.7 Å². The second-order valence-corrected chi connectivity index (χ2v) is 7.16. The van der Waals surface area contributed by atoms with E-state index in [4.69, 9.17) is 11.6 Å². The number of hydrogen-bond donors (Lipinski definition) is 2. The number of likely N-dealkylation sites (N-methyl/N-ethyl adjacent to an activating group) is 1. The molecule has 3 heterocycles. The van der Waals surface area contributed by atoms with Gasteiger partial charge in [0.05, 0.1) is 0 Å². The van der Waals surface area contributed by atoms with Gasteiger partial charge in [0.1, 0.15) is 11.4 Å². The molecule has 2 aromatic heterocycles. The van der Waals surface area contributed by atoms with Crippen LogP contribution in [0.3, 0.4) is 0 Å². The number of pyridine rings is 1. The van der Waals surface area contributed by atoms with Crippen molar-refractivity contribution in [3.8, 4) is 17.0 Å². The number of benzene rings is 1. The molecule has 0 saturated carbocycles. The Morgan fingerprint density at radius 1 is 1.23 bits per heavy atom. The van der Waals surface area contributed by atoms with E-state index in [2.05, 4.69) is 32.4 Å². The number of rotatable bonds is 3. The molecule has 0 aliphatic carbocycles. The molecule has 1 aliphatic heterocycles. The molecule has 1 saturated heterocycles. The minimum absolute atomic E-state index is 0.0755. The maximum atomic E-state index is 10.3. The number of anilines is 1. The maximum absolute atomic E-state index is 10.3. The van der Waals surface area contributed by atoms with E-state index in [9.17, 15) is 5.11 Å². The number of nitrogens with one attached hydrogen (secondary N) is 1. The van der Waals surface area contributed by atoms with Crippen molar-refractivity contribution in [1.29, 1.82) is 0 Å². The van der Waals surface area contributed by atoms with Crippen molar-refractivity contribution in [2.24, 2.45) is 0 Å². The van der Waals surface area contributed by atoms with Gasteiger partial charge in [-0.3, -0.25) is 4.98 Å². The Bertz CT molecular complexity index is 948. The first-order chi connectivity index (χ1) is 12.6. The predicted octanol–water partition coefficient (Wildman–Crippen LogP) is 3.56. The van der Waals surface area contributed by atoms with Gasteiger partial charge in [-0.2, -0.15) is 0 Å². The zero-order valence-electron chi connectivity index (χ0n) is 14.5. The third kappa shape index (κ3) is 3.30. The molecule has 1 aliphatic rings. The summed E-state index contributed by atoms with van der Waals surface area (Å²) >= 11 is 5.95. The number of hydrogen-bond acceptors (Lipinski definition) is 6. The molecular formula is C19H20ClN5O. The van der Waals surface area contributed by atoms with Gasteiger partial charge < -0.3 is 15.3 Å². The van der Waals surface area contributed by atoms with E-state index in [1.165, 1.54) is 6.07 Å². The van der Waals surface area contributed by atoms with Crippen molar-refractivity contribution in [2.45, 2.75) is 18.9 Å². The van der Waals surface area contributed by atoms with Crippen LogP contribution in [0.5, 0.6) is 5.75 Å². The molecule has 0 bridgehead atoms. The van der Waals surface area contributed by atoms with Gasteiger partial charge in [0.2, 0.25) is 0 Å². The van der Waals surface area contributed by atoms with Crippen LogP contribution < -0.4 is 5.32 Å². The summed E-state index contributed by atoms with van der Waals surface area (Å²) in [5.41, 5.74) is 1.18. The lowest BCUT2D eigenvalue weighted by Crippen LogP contribution is -2.40. The third-order valence-corrected chi connectivity index (χ3v) is 5.00. The predicted molar refractivity (Wildman–Crippen MR) is 104 cm³/mol. The number of piperidine rings is 1. The van der Waals surface area contributed by atoms with Crippen molar-refractivity contribution >= 4 is 28.2 Å². The van der Waals surface area contributed by atoms with Gasteiger partial charge in [0.25, 0.3) is 0 Å². The summed E-state index contributed by atoms with van der Waals surface area (Å²) in [7, 11) is 2.13. The molecule has 1 unspecified atom stereocenters. The van der Waals surface area contributed by atoms with E-state index in [1.54, 1.807) is 24.5 Å². The van der Waals surface area contributed by atoms with E-state index in [-0.39, 0.29) is 5.75 Å². The molecule has 0 spiro atoms. The molecule has 1 aromatic carbocycles. The Hall–Kier alpha value is -2.44. The highest BCUT2D eigenvalue weighted by molar-refractivity contribution is 6.30. The van der Waals surface area contributed by atoms with Crippen molar-refractivity contribution < 1.29 is 5.11 Å². The van der Waals surface area contributed by atoms with E-state index in [0.29, 0.717) is 22.3 Å². The highest BCUT2D eigenvalue weighted by atomic mass is 35.5. The van der Waals surface area contributed by atoms with E-state index in [1.807, 2.05) is 6.07 Å². The van der Waals surface area contributed by atoms with Crippen molar-refractivity contribution in [2.75, 3.05) is 25.5 Å². The van der Waals surface area contributed by atoms with Crippen LogP contribution >= 0.6 is 11.6 Å². The summed E-state index contributed by atoms with van der Waals surface area (Å²) in [5, 5.41) is 24.8. The standard InChI is InChI=1S/C19H20ClN5O/c1-25-8-2-3-13(11-25)22-19-14-6-7-21-10-16(14)18(23-24-19)15-5-4-12(20)9-17(15)26/h4-7,9-10,13,26H,2-3,8,11H2,1H3,(H,22,24). The molecule has 2 N–H and O–H groups in total. The highest BCUT2D eigenvalue weighted by Gasteiger charge is 2.20. The Balaban J connectivity index is 1.76. The Morgan fingerprint density at radius 2 is 2.12 bits per heavy atom. The molecule has 0 radical (unpaired) electrons. The number of phenols is 1. The summed E-state index contributed by atoms with van der Waals surface area (Å²) in [6.07, 6.45) is 5.77. The summed E-state index contributed by atoms with van der Waals surface area (Å²) < 4.78 is 0. The lowest BCUT2D eigenvalue weighted by molar-refractivity contribution is 0.261.